The Morgan fingerprint density at radius 1 is 1.16 bits per heavy atom. The summed E-state index contributed by atoms with van der Waals surface area (Å²) in [5.41, 5.74) is 6.49. The van der Waals surface area contributed by atoms with Crippen LogP contribution in [-0.4, -0.2) is 21.4 Å². The number of hydrogen-bond donors (Lipinski definition) is 1. The molecule has 0 fully saturated rings. The van der Waals surface area contributed by atoms with Crippen molar-refractivity contribution in [1.29, 1.82) is 0 Å². The number of benzene rings is 2. The van der Waals surface area contributed by atoms with E-state index in [4.69, 9.17) is 9.72 Å². The first-order valence-corrected chi connectivity index (χ1v) is 11.4. The van der Waals surface area contributed by atoms with E-state index in [1.807, 2.05) is 61.5 Å². The molecule has 0 saturated heterocycles. The van der Waals surface area contributed by atoms with Crippen LogP contribution in [0.15, 0.2) is 64.5 Å². The SMILES string of the molecule is Cc1ccc(-n2c(N/N=C\c3ccccc3)nc3sc4c(c3c2=O)CC(C)(C)OC4)cc1. The minimum atomic E-state index is -0.307. The molecule has 2 aromatic carbocycles. The van der Waals surface area contributed by atoms with Crippen molar-refractivity contribution in [2.45, 2.75) is 39.4 Å². The van der Waals surface area contributed by atoms with Crippen LogP contribution in [0.5, 0.6) is 0 Å². The number of nitrogens with one attached hydrogen (secondary N) is 1. The van der Waals surface area contributed by atoms with Gasteiger partial charge in [0.15, 0.2) is 0 Å². The van der Waals surface area contributed by atoms with Crippen LogP contribution in [0.4, 0.5) is 5.95 Å². The van der Waals surface area contributed by atoms with Crippen molar-refractivity contribution >= 4 is 33.7 Å². The molecule has 0 atom stereocenters. The average molecular weight is 445 g/mol. The molecule has 0 amide bonds. The van der Waals surface area contributed by atoms with E-state index in [1.54, 1.807) is 10.8 Å². The summed E-state index contributed by atoms with van der Waals surface area (Å²) in [5, 5.41) is 5.03. The fourth-order valence-electron chi connectivity index (χ4n) is 3.90. The number of fused-ring (bicyclic) bond motifs is 3. The van der Waals surface area contributed by atoms with E-state index in [2.05, 4.69) is 24.4 Å². The summed E-state index contributed by atoms with van der Waals surface area (Å²) in [6.07, 6.45) is 2.40. The van der Waals surface area contributed by atoms with Crippen molar-refractivity contribution in [3.05, 3.63) is 86.5 Å². The number of nitrogens with zero attached hydrogens (tertiary/aromatic N) is 3. The lowest BCUT2D eigenvalue weighted by atomic mass is 9.94. The first-order valence-electron chi connectivity index (χ1n) is 10.5. The van der Waals surface area contributed by atoms with Crippen LogP contribution in [0.1, 0.15) is 35.4 Å². The maximum atomic E-state index is 13.8. The van der Waals surface area contributed by atoms with E-state index < -0.39 is 0 Å². The molecule has 1 aliphatic heterocycles. The molecule has 1 aliphatic rings. The number of aromatic nitrogens is 2. The largest absolute Gasteiger partial charge is 0.370 e. The monoisotopic (exact) mass is 444 g/mol. The zero-order valence-corrected chi connectivity index (χ0v) is 19.1. The molecule has 5 rings (SSSR count). The Hall–Kier alpha value is -3.29. The highest BCUT2D eigenvalue weighted by Gasteiger charge is 2.31. The standard InChI is InChI=1S/C25H24N4O2S/c1-16-9-11-18(12-10-16)29-23(30)21-19-13-25(2,3)31-15-20(19)32-22(21)27-24(29)28-26-14-17-7-5-4-6-8-17/h4-12,14H,13,15H2,1-3H3,(H,27,28)/b26-14-. The number of rotatable bonds is 4. The topological polar surface area (TPSA) is 68.5 Å². The quantitative estimate of drug-likeness (QED) is 0.353. The van der Waals surface area contributed by atoms with Gasteiger partial charge in [0.2, 0.25) is 5.95 Å². The molecule has 0 radical (unpaired) electrons. The van der Waals surface area contributed by atoms with E-state index in [1.165, 1.54) is 11.3 Å². The van der Waals surface area contributed by atoms with Crippen LogP contribution in [0.25, 0.3) is 15.9 Å². The Morgan fingerprint density at radius 2 is 1.91 bits per heavy atom. The molecule has 0 spiro atoms. The number of hydrazone groups is 1. The van der Waals surface area contributed by atoms with Crippen LogP contribution >= 0.6 is 11.3 Å². The van der Waals surface area contributed by atoms with Gasteiger partial charge in [-0.15, -0.1) is 11.3 Å². The lowest BCUT2D eigenvalue weighted by molar-refractivity contribution is -0.0379. The molecule has 0 saturated carbocycles. The van der Waals surface area contributed by atoms with Crippen LogP contribution in [0, 0.1) is 6.92 Å². The van der Waals surface area contributed by atoms with Gasteiger partial charge < -0.3 is 4.74 Å². The molecule has 0 unspecified atom stereocenters. The third-order valence-electron chi connectivity index (χ3n) is 5.57. The van der Waals surface area contributed by atoms with Crippen LogP contribution < -0.4 is 11.0 Å². The Balaban J connectivity index is 1.66. The molecule has 0 aliphatic carbocycles. The van der Waals surface area contributed by atoms with Crippen molar-refractivity contribution < 1.29 is 4.74 Å². The molecule has 1 N–H and O–H groups in total. The molecule has 3 heterocycles. The molecular weight excluding hydrogens is 420 g/mol. The second-order valence-corrected chi connectivity index (χ2v) is 9.68. The van der Waals surface area contributed by atoms with Crippen molar-refractivity contribution in [2.75, 3.05) is 5.43 Å². The average Bonchev–Trinajstić information content (AvgIpc) is 3.12. The summed E-state index contributed by atoms with van der Waals surface area (Å²) < 4.78 is 7.58. The highest BCUT2D eigenvalue weighted by molar-refractivity contribution is 7.18. The van der Waals surface area contributed by atoms with Gasteiger partial charge in [-0.05, 0) is 44.0 Å². The molecule has 6 nitrogen and oxygen atoms in total. The van der Waals surface area contributed by atoms with Gasteiger partial charge in [0.1, 0.15) is 4.83 Å². The Labute approximate surface area is 190 Å². The van der Waals surface area contributed by atoms with E-state index in [-0.39, 0.29) is 11.2 Å². The minimum Gasteiger partial charge on any atom is -0.370 e. The molecule has 162 valence electrons. The predicted octanol–water partition coefficient (Wildman–Crippen LogP) is 5.05. The molecule has 7 heteroatoms. The Morgan fingerprint density at radius 3 is 2.66 bits per heavy atom. The fraction of sp³-hybridized carbons (Fsp3) is 0.240. The number of ether oxygens (including phenoxy) is 1. The fourth-order valence-corrected chi connectivity index (χ4v) is 5.00. The van der Waals surface area contributed by atoms with E-state index in [0.29, 0.717) is 29.2 Å². The van der Waals surface area contributed by atoms with E-state index >= 15 is 0 Å². The van der Waals surface area contributed by atoms with Gasteiger partial charge in [0.05, 0.1) is 29.5 Å². The summed E-state index contributed by atoms with van der Waals surface area (Å²) >= 11 is 1.52. The summed E-state index contributed by atoms with van der Waals surface area (Å²) in [6.45, 7) is 6.64. The summed E-state index contributed by atoms with van der Waals surface area (Å²) in [5.74, 6) is 0.386. The second kappa shape index (κ2) is 8.00. The normalized spacial score (nSPS) is 15.2. The predicted molar refractivity (Wildman–Crippen MR) is 130 cm³/mol. The van der Waals surface area contributed by atoms with Gasteiger partial charge >= 0.3 is 0 Å². The smallest absolute Gasteiger partial charge is 0.268 e. The maximum absolute atomic E-state index is 13.8. The lowest BCUT2D eigenvalue weighted by Crippen LogP contribution is -2.32. The second-order valence-electron chi connectivity index (χ2n) is 8.60. The number of thiophene rings is 1. The summed E-state index contributed by atoms with van der Waals surface area (Å²) in [7, 11) is 0. The van der Waals surface area contributed by atoms with Crippen LogP contribution in [0.3, 0.4) is 0 Å². The molecule has 32 heavy (non-hydrogen) atoms. The molecular formula is C25H24N4O2S. The van der Waals surface area contributed by atoms with E-state index in [0.717, 1.165) is 27.3 Å². The zero-order chi connectivity index (χ0) is 22.3. The van der Waals surface area contributed by atoms with Crippen molar-refractivity contribution in [3.63, 3.8) is 0 Å². The highest BCUT2D eigenvalue weighted by atomic mass is 32.1. The Kier molecular flexibility index (Phi) is 5.15. The van der Waals surface area contributed by atoms with Crippen molar-refractivity contribution in [2.24, 2.45) is 5.10 Å². The van der Waals surface area contributed by atoms with Gasteiger partial charge in [0, 0.05) is 11.3 Å². The van der Waals surface area contributed by atoms with Gasteiger partial charge in [-0.3, -0.25) is 4.79 Å². The van der Waals surface area contributed by atoms with Crippen molar-refractivity contribution in [1.82, 2.24) is 9.55 Å². The highest BCUT2D eigenvalue weighted by Crippen LogP contribution is 2.37. The number of aryl methyl sites for hydroxylation is 1. The molecule has 0 bridgehead atoms. The van der Waals surface area contributed by atoms with Gasteiger partial charge in [-0.1, -0.05) is 48.0 Å². The maximum Gasteiger partial charge on any atom is 0.268 e. The lowest BCUT2D eigenvalue weighted by Gasteiger charge is -2.29. The summed E-state index contributed by atoms with van der Waals surface area (Å²) in [4.78, 5) is 20.4. The van der Waals surface area contributed by atoms with Gasteiger partial charge in [0.25, 0.3) is 5.56 Å². The van der Waals surface area contributed by atoms with E-state index in [9.17, 15) is 4.79 Å². The molecule has 4 aromatic rings. The van der Waals surface area contributed by atoms with Crippen molar-refractivity contribution in [3.8, 4) is 5.69 Å². The van der Waals surface area contributed by atoms with Crippen LogP contribution in [-0.2, 0) is 17.8 Å². The zero-order valence-electron chi connectivity index (χ0n) is 18.3. The minimum absolute atomic E-state index is 0.0912. The first kappa shape index (κ1) is 20.6. The first-order chi connectivity index (χ1) is 15.4. The van der Waals surface area contributed by atoms with Gasteiger partial charge in [-0.25, -0.2) is 15.0 Å². The number of anilines is 1. The Bertz CT molecular complexity index is 1370. The third kappa shape index (κ3) is 3.85. The third-order valence-corrected chi connectivity index (χ3v) is 6.67. The van der Waals surface area contributed by atoms with Gasteiger partial charge in [-0.2, -0.15) is 5.10 Å². The van der Waals surface area contributed by atoms with Crippen LogP contribution in [0.2, 0.25) is 0 Å². The number of hydrogen-bond acceptors (Lipinski definition) is 6. The molecule has 2 aromatic heterocycles. The summed E-state index contributed by atoms with van der Waals surface area (Å²) in [6, 6.07) is 17.6.